The van der Waals surface area contributed by atoms with Crippen LogP contribution in [0.3, 0.4) is 0 Å². The number of carbonyl (C=O) groups excluding carboxylic acids is 4. The minimum absolute atomic E-state index is 0.0959. The molecule has 30 heavy (non-hydrogen) atoms. The van der Waals surface area contributed by atoms with Crippen molar-refractivity contribution in [3.63, 3.8) is 0 Å². The zero-order valence-corrected chi connectivity index (χ0v) is 17.3. The number of anilines is 3. The van der Waals surface area contributed by atoms with Crippen molar-refractivity contribution in [1.82, 2.24) is 0 Å². The summed E-state index contributed by atoms with van der Waals surface area (Å²) in [7, 11) is 0. The predicted molar refractivity (Wildman–Crippen MR) is 114 cm³/mol. The van der Waals surface area contributed by atoms with Crippen molar-refractivity contribution >= 4 is 52.4 Å². The summed E-state index contributed by atoms with van der Waals surface area (Å²) < 4.78 is 4.90. The van der Waals surface area contributed by atoms with Crippen LogP contribution in [-0.2, 0) is 23.9 Å². The molecule has 2 rings (SSSR count). The molecule has 0 fully saturated rings. The molecule has 0 radical (unpaired) electrons. The van der Waals surface area contributed by atoms with Crippen molar-refractivity contribution in [2.75, 3.05) is 22.6 Å². The van der Waals surface area contributed by atoms with Crippen LogP contribution in [-0.4, -0.2) is 30.3 Å². The molecule has 0 atom stereocenters. The second-order valence-corrected chi connectivity index (χ2v) is 6.84. The normalized spacial score (nSPS) is 10.1. The molecule has 0 saturated carbocycles. The molecule has 0 spiro atoms. The number of halogens is 1. The van der Waals surface area contributed by atoms with E-state index in [0.29, 0.717) is 27.6 Å². The Morgan fingerprint density at radius 1 is 0.867 bits per heavy atom. The second kappa shape index (κ2) is 11.0. The highest BCUT2D eigenvalue weighted by Gasteiger charge is 2.12. The fourth-order valence-corrected chi connectivity index (χ4v) is 2.60. The van der Waals surface area contributed by atoms with E-state index < -0.39 is 18.5 Å². The molecule has 0 aliphatic carbocycles. The molecule has 0 unspecified atom stereocenters. The number of amides is 3. The molecule has 0 aliphatic rings. The van der Waals surface area contributed by atoms with Crippen LogP contribution in [0.2, 0.25) is 5.02 Å². The Labute approximate surface area is 178 Å². The lowest BCUT2D eigenvalue weighted by atomic mass is 10.2. The summed E-state index contributed by atoms with van der Waals surface area (Å²) in [5.41, 5.74) is 2.38. The lowest BCUT2D eigenvalue weighted by molar-refractivity contribution is -0.147. The summed E-state index contributed by atoms with van der Waals surface area (Å²) in [4.78, 5) is 46.6. The van der Waals surface area contributed by atoms with Gasteiger partial charge in [0, 0.05) is 35.4 Å². The molecule has 0 bridgehead atoms. The van der Waals surface area contributed by atoms with Crippen LogP contribution >= 0.6 is 11.6 Å². The van der Waals surface area contributed by atoms with E-state index in [1.807, 2.05) is 0 Å². The Hall–Kier alpha value is -3.39. The second-order valence-electron chi connectivity index (χ2n) is 6.43. The Balaban J connectivity index is 1.71. The zero-order chi connectivity index (χ0) is 22.1. The Kier molecular flexibility index (Phi) is 8.37. The van der Waals surface area contributed by atoms with E-state index in [-0.39, 0.29) is 24.7 Å². The number of nitrogens with one attached hydrogen (secondary N) is 3. The topological polar surface area (TPSA) is 114 Å². The van der Waals surface area contributed by atoms with E-state index in [2.05, 4.69) is 16.0 Å². The Morgan fingerprint density at radius 3 is 2.13 bits per heavy atom. The van der Waals surface area contributed by atoms with E-state index in [1.165, 1.54) is 6.92 Å². The first-order chi connectivity index (χ1) is 14.2. The van der Waals surface area contributed by atoms with Gasteiger partial charge < -0.3 is 20.7 Å². The molecule has 8 nitrogen and oxygen atoms in total. The van der Waals surface area contributed by atoms with Crippen LogP contribution in [0.1, 0.15) is 25.3 Å². The molecule has 2 aromatic rings. The molecule has 2 aromatic carbocycles. The summed E-state index contributed by atoms with van der Waals surface area (Å²) in [6, 6.07) is 11.6. The summed E-state index contributed by atoms with van der Waals surface area (Å²) in [5, 5.41) is 8.38. The maximum atomic E-state index is 11.9. The Morgan fingerprint density at radius 2 is 1.50 bits per heavy atom. The Bertz CT molecular complexity index is 944. The third kappa shape index (κ3) is 7.56. The minimum atomic E-state index is -0.663. The van der Waals surface area contributed by atoms with Gasteiger partial charge in [-0.2, -0.15) is 0 Å². The molecule has 0 aliphatic heterocycles. The third-order valence-corrected chi connectivity index (χ3v) is 4.36. The number of hydrogen-bond acceptors (Lipinski definition) is 5. The SMILES string of the molecule is CC(=O)Nc1ccc(NC(=O)CCC(=O)OCC(=O)Nc2cccc(Cl)c2C)cc1. The summed E-state index contributed by atoms with van der Waals surface area (Å²) >= 11 is 5.99. The fourth-order valence-electron chi connectivity index (χ4n) is 2.43. The van der Waals surface area contributed by atoms with Crippen molar-refractivity contribution in [2.45, 2.75) is 26.7 Å². The highest BCUT2D eigenvalue weighted by atomic mass is 35.5. The highest BCUT2D eigenvalue weighted by Crippen LogP contribution is 2.22. The van der Waals surface area contributed by atoms with Gasteiger partial charge in [0.05, 0.1) is 6.42 Å². The highest BCUT2D eigenvalue weighted by molar-refractivity contribution is 6.31. The van der Waals surface area contributed by atoms with Crippen molar-refractivity contribution in [3.8, 4) is 0 Å². The van der Waals surface area contributed by atoms with Gasteiger partial charge in [-0.15, -0.1) is 0 Å². The minimum Gasteiger partial charge on any atom is -0.456 e. The molecule has 0 saturated heterocycles. The van der Waals surface area contributed by atoms with Crippen molar-refractivity contribution in [1.29, 1.82) is 0 Å². The van der Waals surface area contributed by atoms with Crippen LogP contribution in [0.5, 0.6) is 0 Å². The van der Waals surface area contributed by atoms with Gasteiger partial charge in [-0.25, -0.2) is 0 Å². The van der Waals surface area contributed by atoms with Gasteiger partial charge in [0.25, 0.3) is 5.91 Å². The predicted octanol–water partition coefficient (Wildman–Crippen LogP) is 3.51. The van der Waals surface area contributed by atoms with Crippen molar-refractivity contribution in [2.24, 2.45) is 0 Å². The lowest BCUT2D eigenvalue weighted by Gasteiger charge is -2.10. The van der Waals surface area contributed by atoms with E-state index in [9.17, 15) is 19.2 Å². The van der Waals surface area contributed by atoms with Gasteiger partial charge in [-0.3, -0.25) is 19.2 Å². The van der Waals surface area contributed by atoms with Gasteiger partial charge in [0.1, 0.15) is 0 Å². The number of rotatable bonds is 8. The van der Waals surface area contributed by atoms with Crippen molar-refractivity contribution in [3.05, 3.63) is 53.1 Å². The smallest absolute Gasteiger partial charge is 0.306 e. The van der Waals surface area contributed by atoms with E-state index in [0.717, 1.165) is 0 Å². The largest absolute Gasteiger partial charge is 0.456 e. The van der Waals surface area contributed by atoms with Gasteiger partial charge in [-0.1, -0.05) is 17.7 Å². The number of carbonyl (C=O) groups is 4. The van der Waals surface area contributed by atoms with Crippen LogP contribution in [0.4, 0.5) is 17.1 Å². The molecule has 0 heterocycles. The number of ether oxygens (including phenoxy) is 1. The maximum absolute atomic E-state index is 11.9. The summed E-state index contributed by atoms with van der Waals surface area (Å²) in [6.45, 7) is 2.70. The van der Waals surface area contributed by atoms with Crippen LogP contribution in [0.25, 0.3) is 0 Å². The summed E-state index contributed by atoms with van der Waals surface area (Å²) in [6.07, 6.45) is -0.263. The molecule has 9 heteroatoms. The van der Waals surface area contributed by atoms with Crippen LogP contribution in [0, 0.1) is 6.92 Å². The van der Waals surface area contributed by atoms with Gasteiger partial charge in [-0.05, 0) is 48.9 Å². The van der Waals surface area contributed by atoms with Gasteiger partial charge in [0.2, 0.25) is 11.8 Å². The number of hydrogen-bond donors (Lipinski definition) is 3. The maximum Gasteiger partial charge on any atom is 0.306 e. The van der Waals surface area contributed by atoms with Gasteiger partial charge >= 0.3 is 5.97 Å². The van der Waals surface area contributed by atoms with Crippen molar-refractivity contribution < 1.29 is 23.9 Å². The lowest BCUT2D eigenvalue weighted by Crippen LogP contribution is -2.22. The molecule has 158 valence electrons. The molecule has 3 amide bonds. The quantitative estimate of drug-likeness (QED) is 0.553. The first kappa shape index (κ1) is 22.9. The summed E-state index contributed by atoms with van der Waals surface area (Å²) in [5.74, 6) is -1.73. The first-order valence-corrected chi connectivity index (χ1v) is 9.50. The zero-order valence-electron chi connectivity index (χ0n) is 16.6. The molecule has 3 N–H and O–H groups in total. The number of esters is 1. The first-order valence-electron chi connectivity index (χ1n) is 9.12. The standard InChI is InChI=1S/C21H22ClN3O5/c1-13-17(22)4-3-5-18(13)25-20(28)12-30-21(29)11-10-19(27)24-16-8-6-15(7-9-16)23-14(2)26/h3-9H,10-12H2,1-2H3,(H,23,26)(H,24,27)(H,25,28). The average molecular weight is 432 g/mol. The van der Waals surface area contributed by atoms with Crippen LogP contribution < -0.4 is 16.0 Å². The van der Waals surface area contributed by atoms with E-state index in [4.69, 9.17) is 16.3 Å². The van der Waals surface area contributed by atoms with E-state index >= 15 is 0 Å². The molecule has 0 aromatic heterocycles. The molecular weight excluding hydrogens is 410 g/mol. The number of benzene rings is 2. The van der Waals surface area contributed by atoms with Crippen LogP contribution in [0.15, 0.2) is 42.5 Å². The average Bonchev–Trinajstić information content (AvgIpc) is 2.69. The monoisotopic (exact) mass is 431 g/mol. The van der Waals surface area contributed by atoms with E-state index in [1.54, 1.807) is 49.4 Å². The van der Waals surface area contributed by atoms with Gasteiger partial charge in [0.15, 0.2) is 6.61 Å². The molecular formula is C21H22ClN3O5. The fraction of sp³-hybridized carbons (Fsp3) is 0.238. The third-order valence-electron chi connectivity index (χ3n) is 3.95.